The van der Waals surface area contributed by atoms with E-state index in [9.17, 15) is 8.42 Å². The third kappa shape index (κ3) is 3.05. The zero-order chi connectivity index (χ0) is 15.5. The van der Waals surface area contributed by atoms with E-state index in [4.69, 9.17) is 16.3 Å². The van der Waals surface area contributed by atoms with Crippen LogP contribution in [0.4, 0.5) is 11.6 Å². The van der Waals surface area contributed by atoms with Gasteiger partial charge in [-0.2, -0.15) is 10.5 Å². The molecular formula is C12H8N6O2S. The van der Waals surface area contributed by atoms with Crippen molar-refractivity contribution in [3.8, 4) is 12.1 Å². The number of nitrogens with zero attached hydrogens (tertiary/aromatic N) is 4. The second-order valence-electron chi connectivity index (χ2n) is 3.87. The van der Waals surface area contributed by atoms with Crippen LogP contribution in [0.2, 0.25) is 0 Å². The molecule has 0 saturated heterocycles. The molecule has 0 atom stereocenters. The summed E-state index contributed by atoms with van der Waals surface area (Å²) in [6.45, 7) is 0. The first kappa shape index (κ1) is 14.2. The largest absolute Gasteiger partial charge is 0.368 e. The van der Waals surface area contributed by atoms with Gasteiger partial charge in [0.1, 0.15) is 17.0 Å². The standard InChI is InChI=1S/C12H8N6O2S/c13-4-8-1-2-10(3-9(8)5-14)18-21(19,20)11-6-16-12(15)17-7-11/h1-3,6-7,18H,(H2,15,16,17). The molecule has 0 aliphatic carbocycles. The van der Waals surface area contributed by atoms with Crippen LogP contribution in [0.25, 0.3) is 0 Å². The van der Waals surface area contributed by atoms with Gasteiger partial charge in [0, 0.05) is 0 Å². The van der Waals surface area contributed by atoms with Crippen LogP contribution in [0.1, 0.15) is 11.1 Å². The van der Waals surface area contributed by atoms with E-state index in [1.54, 1.807) is 0 Å². The van der Waals surface area contributed by atoms with Crippen LogP contribution in [-0.4, -0.2) is 18.4 Å². The predicted octanol–water partition coefficient (Wildman–Crippen LogP) is 0.603. The van der Waals surface area contributed by atoms with Gasteiger partial charge in [0.2, 0.25) is 5.95 Å². The van der Waals surface area contributed by atoms with E-state index in [0.717, 1.165) is 12.4 Å². The number of nitrogen functional groups attached to an aromatic ring is 1. The van der Waals surface area contributed by atoms with E-state index in [0.29, 0.717) is 0 Å². The summed E-state index contributed by atoms with van der Waals surface area (Å²) < 4.78 is 26.4. The van der Waals surface area contributed by atoms with Crippen molar-refractivity contribution in [3.63, 3.8) is 0 Å². The lowest BCUT2D eigenvalue weighted by Crippen LogP contribution is -2.14. The van der Waals surface area contributed by atoms with Gasteiger partial charge in [0.15, 0.2) is 0 Å². The Bertz CT molecular complexity index is 862. The van der Waals surface area contributed by atoms with Gasteiger partial charge >= 0.3 is 0 Å². The average Bonchev–Trinajstić information content (AvgIpc) is 2.47. The molecule has 1 aromatic carbocycles. The normalized spacial score (nSPS) is 10.4. The van der Waals surface area contributed by atoms with Gasteiger partial charge in [0.05, 0.1) is 29.2 Å². The number of aromatic nitrogens is 2. The Morgan fingerprint density at radius 3 is 2.29 bits per heavy atom. The SMILES string of the molecule is N#Cc1ccc(NS(=O)(=O)c2cnc(N)nc2)cc1C#N. The molecule has 0 fully saturated rings. The maximum atomic E-state index is 12.1. The van der Waals surface area contributed by atoms with Crippen LogP contribution < -0.4 is 10.5 Å². The van der Waals surface area contributed by atoms with Gasteiger partial charge in [0.25, 0.3) is 10.0 Å². The summed E-state index contributed by atoms with van der Waals surface area (Å²) >= 11 is 0. The molecule has 8 nitrogen and oxygen atoms in total. The molecule has 0 radical (unpaired) electrons. The molecule has 21 heavy (non-hydrogen) atoms. The maximum Gasteiger partial charge on any atom is 0.264 e. The molecule has 2 aromatic rings. The minimum atomic E-state index is -3.90. The molecule has 2 rings (SSSR count). The van der Waals surface area contributed by atoms with Crippen LogP contribution >= 0.6 is 0 Å². The topological polar surface area (TPSA) is 146 Å². The summed E-state index contributed by atoms with van der Waals surface area (Å²) in [6.07, 6.45) is 2.14. The molecule has 0 bridgehead atoms. The Morgan fingerprint density at radius 2 is 1.71 bits per heavy atom. The third-order valence-corrected chi connectivity index (χ3v) is 3.81. The lowest BCUT2D eigenvalue weighted by molar-refractivity contribution is 0.600. The lowest BCUT2D eigenvalue weighted by Gasteiger charge is -2.08. The highest BCUT2D eigenvalue weighted by Crippen LogP contribution is 2.18. The molecule has 1 aromatic heterocycles. The van der Waals surface area contributed by atoms with Crippen molar-refractivity contribution in [2.24, 2.45) is 0 Å². The number of sulfonamides is 1. The van der Waals surface area contributed by atoms with E-state index in [1.807, 2.05) is 12.1 Å². The third-order valence-electron chi connectivity index (χ3n) is 2.47. The highest BCUT2D eigenvalue weighted by Gasteiger charge is 2.16. The summed E-state index contributed by atoms with van der Waals surface area (Å²) in [4.78, 5) is 7.03. The van der Waals surface area contributed by atoms with Crippen LogP contribution in [-0.2, 0) is 10.0 Å². The minimum Gasteiger partial charge on any atom is -0.368 e. The maximum absolute atomic E-state index is 12.1. The van der Waals surface area contributed by atoms with Crippen molar-refractivity contribution in [1.29, 1.82) is 10.5 Å². The predicted molar refractivity (Wildman–Crippen MR) is 73.1 cm³/mol. The summed E-state index contributed by atoms with van der Waals surface area (Å²) in [7, 11) is -3.90. The first-order chi connectivity index (χ1) is 9.96. The smallest absolute Gasteiger partial charge is 0.264 e. The van der Waals surface area contributed by atoms with Gasteiger partial charge in [-0.25, -0.2) is 18.4 Å². The Kier molecular flexibility index (Phi) is 3.69. The fourth-order valence-electron chi connectivity index (χ4n) is 1.48. The van der Waals surface area contributed by atoms with Crippen molar-refractivity contribution in [2.75, 3.05) is 10.5 Å². The van der Waals surface area contributed by atoms with Crippen LogP contribution in [0.15, 0.2) is 35.5 Å². The van der Waals surface area contributed by atoms with Crippen molar-refractivity contribution in [2.45, 2.75) is 4.90 Å². The lowest BCUT2D eigenvalue weighted by atomic mass is 10.1. The molecule has 0 saturated carbocycles. The zero-order valence-electron chi connectivity index (χ0n) is 10.5. The van der Waals surface area contributed by atoms with E-state index < -0.39 is 10.0 Å². The zero-order valence-corrected chi connectivity index (χ0v) is 11.3. The fraction of sp³-hybridized carbons (Fsp3) is 0. The number of rotatable bonds is 3. The number of anilines is 2. The van der Waals surface area contributed by atoms with Crippen molar-refractivity contribution in [1.82, 2.24) is 9.97 Å². The van der Waals surface area contributed by atoms with Crippen molar-refractivity contribution >= 4 is 21.7 Å². The fourth-order valence-corrected chi connectivity index (χ4v) is 2.41. The van der Waals surface area contributed by atoms with E-state index in [-0.39, 0.29) is 27.7 Å². The van der Waals surface area contributed by atoms with Gasteiger partial charge in [-0.15, -0.1) is 0 Å². The number of hydrogen-bond acceptors (Lipinski definition) is 7. The summed E-state index contributed by atoms with van der Waals surface area (Å²) in [6, 6.07) is 7.68. The molecule has 0 aliphatic heterocycles. The number of benzene rings is 1. The quantitative estimate of drug-likeness (QED) is 0.843. The van der Waals surface area contributed by atoms with Gasteiger partial charge < -0.3 is 5.73 Å². The molecule has 0 amide bonds. The highest BCUT2D eigenvalue weighted by molar-refractivity contribution is 7.92. The molecule has 9 heteroatoms. The van der Waals surface area contributed by atoms with Crippen molar-refractivity contribution in [3.05, 3.63) is 41.7 Å². The van der Waals surface area contributed by atoms with Gasteiger partial charge in [-0.05, 0) is 18.2 Å². The average molecular weight is 300 g/mol. The van der Waals surface area contributed by atoms with E-state index in [1.165, 1.54) is 18.2 Å². The summed E-state index contributed by atoms with van der Waals surface area (Å²) in [5, 5.41) is 17.7. The van der Waals surface area contributed by atoms with Crippen LogP contribution in [0.5, 0.6) is 0 Å². The van der Waals surface area contributed by atoms with Crippen LogP contribution in [0.3, 0.4) is 0 Å². The number of nitrogens with two attached hydrogens (primary N) is 1. The molecule has 3 N–H and O–H groups in total. The highest BCUT2D eigenvalue weighted by atomic mass is 32.2. The number of nitriles is 2. The summed E-state index contributed by atoms with van der Waals surface area (Å²) in [5.41, 5.74) is 5.68. The Morgan fingerprint density at radius 1 is 1.10 bits per heavy atom. The van der Waals surface area contributed by atoms with Crippen LogP contribution in [0, 0.1) is 22.7 Å². The minimum absolute atomic E-state index is 0.0425. The van der Waals surface area contributed by atoms with E-state index in [2.05, 4.69) is 14.7 Å². The Balaban J connectivity index is 2.36. The Labute approximate surface area is 120 Å². The summed E-state index contributed by atoms with van der Waals surface area (Å²) in [5.74, 6) is -0.0425. The molecule has 1 heterocycles. The number of hydrogen-bond donors (Lipinski definition) is 2. The van der Waals surface area contributed by atoms with Gasteiger partial charge in [-0.3, -0.25) is 4.72 Å². The second kappa shape index (κ2) is 5.45. The van der Waals surface area contributed by atoms with E-state index >= 15 is 0 Å². The Hall–Kier alpha value is -3.17. The first-order valence-electron chi connectivity index (χ1n) is 5.51. The molecule has 0 unspecified atom stereocenters. The number of nitrogens with one attached hydrogen (secondary N) is 1. The van der Waals surface area contributed by atoms with Gasteiger partial charge in [-0.1, -0.05) is 0 Å². The second-order valence-corrected chi connectivity index (χ2v) is 5.55. The monoisotopic (exact) mass is 300 g/mol. The molecular weight excluding hydrogens is 292 g/mol. The first-order valence-corrected chi connectivity index (χ1v) is 6.99. The molecule has 0 spiro atoms. The van der Waals surface area contributed by atoms with Crippen molar-refractivity contribution < 1.29 is 8.42 Å². The molecule has 0 aliphatic rings. The molecule has 104 valence electrons.